The Hall–Kier alpha value is -1.89. The number of imidazole rings is 1. The molecule has 1 atom stereocenters. The number of fused-ring (bicyclic) bond motifs is 1. The molecule has 0 saturated carbocycles. The van der Waals surface area contributed by atoms with Gasteiger partial charge < -0.3 is 10.6 Å². The molecule has 1 aliphatic heterocycles. The van der Waals surface area contributed by atoms with Crippen LogP contribution >= 0.6 is 23.7 Å². The van der Waals surface area contributed by atoms with Gasteiger partial charge in [-0.3, -0.25) is 9.20 Å². The molecular formula is C17H19ClN4OS. The first-order valence-corrected chi connectivity index (χ1v) is 8.63. The molecule has 1 amide bonds. The van der Waals surface area contributed by atoms with E-state index in [2.05, 4.69) is 15.6 Å². The number of nitrogens with one attached hydrogen (secondary N) is 2. The lowest BCUT2D eigenvalue weighted by atomic mass is 9.88. The second kappa shape index (κ2) is 6.93. The quantitative estimate of drug-likeness (QED) is 0.748. The summed E-state index contributed by atoms with van der Waals surface area (Å²) in [5.74, 6) is 0.579. The number of hydrogen-bond acceptors (Lipinski definition) is 4. The highest BCUT2D eigenvalue weighted by Gasteiger charge is 2.28. The monoisotopic (exact) mass is 362 g/mol. The van der Waals surface area contributed by atoms with E-state index < -0.39 is 0 Å². The standard InChI is InChI=1S/C17H18N4OS.ClH/c1-11(13-8-18-9-13)16(22)19-14-4-2-12(3-5-14)15-10-21-6-7-23-17(21)20-15;/h2-7,10-11,13,18H,8-9H2,1H3,(H,19,22);1H. The highest BCUT2D eigenvalue weighted by Crippen LogP contribution is 2.24. The van der Waals surface area contributed by atoms with Crippen LogP contribution in [0.5, 0.6) is 0 Å². The molecule has 0 radical (unpaired) electrons. The summed E-state index contributed by atoms with van der Waals surface area (Å²) in [7, 11) is 0. The fourth-order valence-electron chi connectivity index (χ4n) is 2.73. The van der Waals surface area contributed by atoms with Gasteiger partial charge in [-0.05, 0) is 31.1 Å². The van der Waals surface area contributed by atoms with Crippen LogP contribution in [0.4, 0.5) is 5.69 Å². The lowest BCUT2D eigenvalue weighted by Crippen LogP contribution is -2.48. The Bertz CT molecular complexity index is 809. The van der Waals surface area contributed by atoms with Crippen LogP contribution in [-0.2, 0) is 4.79 Å². The minimum absolute atomic E-state index is 0. The van der Waals surface area contributed by atoms with Crippen LogP contribution in [0, 0.1) is 11.8 Å². The number of halogens is 1. The second-order valence-corrected chi connectivity index (χ2v) is 6.87. The number of carbonyl (C=O) groups excluding carboxylic acids is 1. The van der Waals surface area contributed by atoms with Gasteiger partial charge in [0.05, 0.1) is 5.69 Å². The smallest absolute Gasteiger partial charge is 0.227 e. The molecular weight excluding hydrogens is 344 g/mol. The molecule has 1 aliphatic rings. The molecule has 0 bridgehead atoms. The van der Waals surface area contributed by atoms with Gasteiger partial charge >= 0.3 is 0 Å². The van der Waals surface area contributed by atoms with E-state index in [0.29, 0.717) is 5.92 Å². The fraction of sp³-hybridized carbons (Fsp3) is 0.294. The average molecular weight is 363 g/mol. The number of thiazole rings is 1. The Morgan fingerprint density at radius 2 is 2.12 bits per heavy atom. The Morgan fingerprint density at radius 3 is 2.75 bits per heavy atom. The second-order valence-electron chi connectivity index (χ2n) is 5.99. The minimum Gasteiger partial charge on any atom is -0.326 e. The third-order valence-corrected chi connectivity index (χ3v) is 5.25. The fourth-order valence-corrected chi connectivity index (χ4v) is 3.43. The molecule has 4 rings (SSSR count). The van der Waals surface area contributed by atoms with Gasteiger partial charge in [0.1, 0.15) is 0 Å². The van der Waals surface area contributed by atoms with Crippen molar-refractivity contribution in [2.45, 2.75) is 6.92 Å². The first kappa shape index (κ1) is 17.0. The zero-order valence-electron chi connectivity index (χ0n) is 13.2. The normalized spacial score (nSPS) is 15.5. The van der Waals surface area contributed by atoms with Crippen molar-refractivity contribution in [2.75, 3.05) is 18.4 Å². The van der Waals surface area contributed by atoms with Crippen molar-refractivity contribution in [3.63, 3.8) is 0 Å². The predicted octanol–water partition coefficient (Wildman–Crippen LogP) is 3.28. The zero-order valence-corrected chi connectivity index (χ0v) is 14.9. The molecule has 1 aromatic carbocycles. The number of benzene rings is 1. The highest BCUT2D eigenvalue weighted by molar-refractivity contribution is 7.15. The first-order valence-electron chi connectivity index (χ1n) is 7.75. The summed E-state index contributed by atoms with van der Waals surface area (Å²) < 4.78 is 2.02. The minimum atomic E-state index is 0. The van der Waals surface area contributed by atoms with Gasteiger partial charge in [-0.2, -0.15) is 0 Å². The summed E-state index contributed by atoms with van der Waals surface area (Å²) in [6.07, 6.45) is 4.02. The van der Waals surface area contributed by atoms with Gasteiger partial charge in [0.15, 0.2) is 4.96 Å². The average Bonchev–Trinajstić information content (AvgIpc) is 3.07. The Kier molecular flexibility index (Phi) is 4.89. The van der Waals surface area contributed by atoms with Crippen LogP contribution in [0.15, 0.2) is 42.0 Å². The third kappa shape index (κ3) is 3.17. The van der Waals surface area contributed by atoms with Gasteiger partial charge in [0, 0.05) is 34.9 Å². The van der Waals surface area contributed by atoms with Gasteiger partial charge in [0.2, 0.25) is 5.91 Å². The van der Waals surface area contributed by atoms with E-state index in [1.54, 1.807) is 11.3 Å². The van der Waals surface area contributed by atoms with Crippen molar-refractivity contribution >= 4 is 40.3 Å². The van der Waals surface area contributed by atoms with Gasteiger partial charge in [0.25, 0.3) is 0 Å². The Balaban J connectivity index is 0.00000169. The van der Waals surface area contributed by atoms with E-state index in [9.17, 15) is 4.79 Å². The molecule has 0 spiro atoms. The van der Waals surface area contributed by atoms with E-state index in [-0.39, 0.29) is 24.2 Å². The van der Waals surface area contributed by atoms with Crippen molar-refractivity contribution in [1.29, 1.82) is 0 Å². The largest absolute Gasteiger partial charge is 0.326 e. The number of hydrogen-bond donors (Lipinski definition) is 2. The van der Waals surface area contributed by atoms with Crippen molar-refractivity contribution in [1.82, 2.24) is 14.7 Å². The summed E-state index contributed by atoms with van der Waals surface area (Å²) in [5, 5.41) is 8.23. The maximum atomic E-state index is 12.2. The molecule has 24 heavy (non-hydrogen) atoms. The number of carbonyl (C=O) groups is 1. The molecule has 1 saturated heterocycles. The van der Waals surface area contributed by atoms with Crippen molar-refractivity contribution in [3.8, 4) is 11.3 Å². The Morgan fingerprint density at radius 1 is 1.38 bits per heavy atom. The summed E-state index contributed by atoms with van der Waals surface area (Å²) in [5.41, 5.74) is 2.83. The molecule has 0 aliphatic carbocycles. The van der Waals surface area contributed by atoms with Crippen molar-refractivity contribution < 1.29 is 4.79 Å². The molecule has 2 aromatic heterocycles. The predicted molar refractivity (Wildman–Crippen MR) is 99.9 cm³/mol. The van der Waals surface area contributed by atoms with Gasteiger partial charge in [-0.25, -0.2) is 4.98 Å². The third-order valence-electron chi connectivity index (χ3n) is 4.48. The number of aromatic nitrogens is 2. The van der Waals surface area contributed by atoms with E-state index in [1.807, 2.05) is 53.4 Å². The van der Waals surface area contributed by atoms with E-state index in [0.717, 1.165) is 35.0 Å². The molecule has 7 heteroatoms. The van der Waals surface area contributed by atoms with Crippen LogP contribution < -0.4 is 10.6 Å². The van der Waals surface area contributed by atoms with Crippen molar-refractivity contribution in [3.05, 3.63) is 42.0 Å². The molecule has 2 N–H and O–H groups in total. The topological polar surface area (TPSA) is 58.4 Å². The van der Waals surface area contributed by atoms with Gasteiger partial charge in [-0.1, -0.05) is 19.1 Å². The summed E-state index contributed by atoms with van der Waals surface area (Å²) in [6, 6.07) is 7.87. The number of nitrogens with zero attached hydrogens (tertiary/aromatic N) is 2. The first-order chi connectivity index (χ1) is 11.2. The maximum Gasteiger partial charge on any atom is 0.227 e. The molecule has 5 nitrogen and oxygen atoms in total. The van der Waals surface area contributed by atoms with Crippen LogP contribution in [0.1, 0.15) is 6.92 Å². The number of rotatable bonds is 4. The van der Waals surface area contributed by atoms with Crippen molar-refractivity contribution in [2.24, 2.45) is 11.8 Å². The molecule has 3 aromatic rings. The highest BCUT2D eigenvalue weighted by atomic mass is 35.5. The Labute approximate surface area is 150 Å². The zero-order chi connectivity index (χ0) is 15.8. The molecule has 126 valence electrons. The number of anilines is 1. The van der Waals surface area contributed by atoms with Crippen LogP contribution in [-0.4, -0.2) is 28.4 Å². The summed E-state index contributed by atoms with van der Waals surface area (Å²) in [4.78, 5) is 17.8. The summed E-state index contributed by atoms with van der Waals surface area (Å²) >= 11 is 1.62. The molecule has 3 heterocycles. The van der Waals surface area contributed by atoms with Crippen LogP contribution in [0.3, 0.4) is 0 Å². The van der Waals surface area contributed by atoms with E-state index >= 15 is 0 Å². The van der Waals surface area contributed by atoms with Crippen LogP contribution in [0.2, 0.25) is 0 Å². The lowest BCUT2D eigenvalue weighted by molar-refractivity contribution is -0.121. The molecule has 1 fully saturated rings. The summed E-state index contributed by atoms with van der Waals surface area (Å²) in [6.45, 7) is 3.86. The lowest BCUT2D eigenvalue weighted by Gasteiger charge is -2.31. The van der Waals surface area contributed by atoms with E-state index in [1.165, 1.54) is 0 Å². The molecule has 1 unspecified atom stereocenters. The van der Waals surface area contributed by atoms with Crippen LogP contribution in [0.25, 0.3) is 16.2 Å². The SMILES string of the molecule is CC(C(=O)Nc1ccc(-c2cn3ccsc3n2)cc1)C1CNC1.Cl. The number of amides is 1. The maximum absolute atomic E-state index is 12.2. The van der Waals surface area contributed by atoms with E-state index in [4.69, 9.17) is 0 Å². The van der Waals surface area contributed by atoms with Gasteiger partial charge in [-0.15, -0.1) is 23.7 Å².